The predicted octanol–water partition coefficient (Wildman–Crippen LogP) is 6.39. The maximum absolute atomic E-state index is 16.9. The molecule has 248 valence electrons. The third-order valence-electron chi connectivity index (χ3n) is 11.4. The molecule has 4 saturated heterocycles. The van der Waals surface area contributed by atoms with Gasteiger partial charge in [-0.3, -0.25) is 4.90 Å². The van der Waals surface area contributed by atoms with Gasteiger partial charge in [-0.1, -0.05) is 18.1 Å². The highest BCUT2D eigenvalue weighted by atomic mass is 19.3. The number of aromatic nitrogens is 2. The minimum atomic E-state index is -2.65. The van der Waals surface area contributed by atoms with Gasteiger partial charge in [-0.05, 0) is 73.7 Å². The van der Waals surface area contributed by atoms with Gasteiger partial charge < -0.3 is 20.1 Å². The van der Waals surface area contributed by atoms with E-state index in [0.29, 0.717) is 60.1 Å². The number of hydrogen-bond acceptors (Lipinski definition) is 7. The molecule has 7 nitrogen and oxygen atoms in total. The molecule has 4 aliphatic heterocycles. The SMILES string of the molecule is C#Cc1c(F)ccc2cc(O)cc(-c3ccc4c(N5CC6CCC(C5)N6)nc(OCC5(CN6C7CCC6C(F)(F)C7)CC5)nc4c3F)c12. The van der Waals surface area contributed by atoms with E-state index in [0.717, 1.165) is 32.1 Å². The van der Waals surface area contributed by atoms with E-state index in [4.69, 9.17) is 16.1 Å². The summed E-state index contributed by atoms with van der Waals surface area (Å²) in [7, 11) is 0. The number of benzene rings is 3. The Morgan fingerprint density at radius 3 is 2.48 bits per heavy atom. The number of rotatable bonds is 7. The Balaban J connectivity index is 1.12. The Morgan fingerprint density at radius 2 is 1.79 bits per heavy atom. The first-order chi connectivity index (χ1) is 23.1. The molecule has 48 heavy (non-hydrogen) atoms. The van der Waals surface area contributed by atoms with Crippen molar-refractivity contribution in [1.82, 2.24) is 20.2 Å². The van der Waals surface area contributed by atoms with Crippen LogP contribution in [0.25, 0.3) is 32.8 Å². The topological polar surface area (TPSA) is 73.8 Å². The molecule has 4 aromatic rings. The zero-order valence-electron chi connectivity index (χ0n) is 26.3. The number of anilines is 1. The van der Waals surface area contributed by atoms with Crippen LogP contribution in [0.4, 0.5) is 23.4 Å². The number of terminal acetylenes is 1. The second-order valence-electron chi connectivity index (χ2n) is 14.5. The number of ether oxygens (including phenoxy) is 1. The molecule has 11 heteroatoms. The molecule has 0 radical (unpaired) electrons. The van der Waals surface area contributed by atoms with Gasteiger partial charge in [-0.25, -0.2) is 17.6 Å². The van der Waals surface area contributed by atoms with Crippen molar-refractivity contribution in [3.05, 3.63) is 53.6 Å². The standard InChI is InChI=1S/C37H35F4N5O2/c1-2-25-29(38)9-3-20-13-24(47)14-28(31(20)25)26-7-8-27-33(32(26)39)43-35(44-34(27)45-16-21-4-5-22(17-45)42-21)48-19-36(11-12-36)18-46-23-6-10-30(46)37(40,41)15-23/h1,3,7-9,13-14,21-23,30,42,47H,4-6,10-12,15-19H2. The lowest BCUT2D eigenvalue weighted by molar-refractivity contribution is -0.0380. The molecule has 1 aliphatic carbocycles. The lowest BCUT2D eigenvalue weighted by Gasteiger charge is -2.34. The van der Waals surface area contributed by atoms with E-state index in [1.165, 1.54) is 24.3 Å². The number of aromatic hydroxyl groups is 1. The van der Waals surface area contributed by atoms with Crippen molar-refractivity contribution in [2.24, 2.45) is 5.41 Å². The molecule has 1 saturated carbocycles. The first-order valence-electron chi connectivity index (χ1n) is 16.8. The minimum Gasteiger partial charge on any atom is -0.508 e. The predicted molar refractivity (Wildman–Crippen MR) is 174 cm³/mol. The molecule has 9 rings (SSSR count). The van der Waals surface area contributed by atoms with Gasteiger partial charge >= 0.3 is 6.01 Å². The van der Waals surface area contributed by atoms with Crippen LogP contribution in [0.3, 0.4) is 0 Å². The van der Waals surface area contributed by atoms with Crippen LogP contribution in [0.2, 0.25) is 0 Å². The maximum atomic E-state index is 16.9. The highest BCUT2D eigenvalue weighted by Crippen LogP contribution is 2.53. The molecule has 2 N–H and O–H groups in total. The summed E-state index contributed by atoms with van der Waals surface area (Å²) in [6.45, 7) is 2.18. The summed E-state index contributed by atoms with van der Waals surface area (Å²) >= 11 is 0. The molecular formula is C37H35F4N5O2. The molecule has 5 fully saturated rings. The fourth-order valence-corrected chi connectivity index (χ4v) is 8.82. The highest BCUT2D eigenvalue weighted by molar-refractivity contribution is 6.04. The summed E-state index contributed by atoms with van der Waals surface area (Å²) in [6.07, 6.45) is 10.7. The summed E-state index contributed by atoms with van der Waals surface area (Å²) < 4.78 is 67.1. The second kappa shape index (κ2) is 10.7. The van der Waals surface area contributed by atoms with E-state index in [9.17, 15) is 18.3 Å². The van der Waals surface area contributed by atoms with Crippen molar-refractivity contribution >= 4 is 27.5 Å². The molecule has 1 aromatic heterocycles. The van der Waals surface area contributed by atoms with Crippen molar-refractivity contribution in [3.8, 4) is 35.2 Å². The van der Waals surface area contributed by atoms with Crippen LogP contribution in [0, 0.1) is 29.4 Å². The van der Waals surface area contributed by atoms with Crippen LogP contribution in [0.1, 0.15) is 50.5 Å². The second-order valence-corrected chi connectivity index (χ2v) is 14.5. The average Bonchev–Trinajstić information content (AvgIpc) is 3.51. The van der Waals surface area contributed by atoms with E-state index in [2.05, 4.69) is 21.1 Å². The normalized spacial score (nSPS) is 26.8. The summed E-state index contributed by atoms with van der Waals surface area (Å²) in [5.41, 5.74) is 0.0873. The number of phenols is 1. The number of alkyl halides is 2. The lowest BCUT2D eigenvalue weighted by atomic mass is 9.93. The van der Waals surface area contributed by atoms with E-state index in [1.807, 2.05) is 4.90 Å². The van der Waals surface area contributed by atoms with Gasteiger partial charge in [-0.2, -0.15) is 9.97 Å². The van der Waals surface area contributed by atoms with Gasteiger partial charge in [0, 0.05) is 65.9 Å². The van der Waals surface area contributed by atoms with Gasteiger partial charge in [0.25, 0.3) is 5.92 Å². The van der Waals surface area contributed by atoms with Crippen LogP contribution in [-0.2, 0) is 0 Å². The third-order valence-corrected chi connectivity index (χ3v) is 11.4. The number of hydrogen-bond donors (Lipinski definition) is 2. The molecule has 4 atom stereocenters. The molecule has 0 spiro atoms. The van der Waals surface area contributed by atoms with E-state index < -0.39 is 23.6 Å². The highest BCUT2D eigenvalue weighted by Gasteiger charge is 2.60. The summed E-state index contributed by atoms with van der Waals surface area (Å²) in [6, 6.07) is 8.73. The van der Waals surface area contributed by atoms with Crippen LogP contribution >= 0.6 is 0 Å². The van der Waals surface area contributed by atoms with Gasteiger partial charge in [0.2, 0.25) is 0 Å². The van der Waals surface area contributed by atoms with Gasteiger partial charge in [0.1, 0.15) is 22.9 Å². The van der Waals surface area contributed by atoms with Crippen molar-refractivity contribution in [2.45, 2.75) is 75.0 Å². The zero-order chi connectivity index (χ0) is 32.9. The third kappa shape index (κ3) is 4.78. The van der Waals surface area contributed by atoms with Crippen LogP contribution < -0.4 is 15.0 Å². The van der Waals surface area contributed by atoms with E-state index >= 15 is 4.39 Å². The Bertz CT molecular complexity index is 2020. The van der Waals surface area contributed by atoms with Gasteiger partial charge in [-0.15, -0.1) is 6.42 Å². The Labute approximate surface area is 275 Å². The molecule has 4 bridgehead atoms. The van der Waals surface area contributed by atoms with E-state index in [1.54, 1.807) is 12.1 Å². The van der Waals surface area contributed by atoms with Gasteiger partial charge in [0.15, 0.2) is 5.82 Å². The lowest BCUT2D eigenvalue weighted by Crippen LogP contribution is -2.51. The van der Waals surface area contributed by atoms with Crippen molar-refractivity contribution in [1.29, 1.82) is 0 Å². The summed E-state index contributed by atoms with van der Waals surface area (Å²) in [5, 5.41) is 15.5. The largest absolute Gasteiger partial charge is 0.508 e. The van der Waals surface area contributed by atoms with Crippen LogP contribution in [0.5, 0.6) is 11.8 Å². The zero-order valence-corrected chi connectivity index (χ0v) is 26.3. The number of fused-ring (bicyclic) bond motifs is 6. The Kier molecular flexibility index (Phi) is 6.67. The molecule has 3 aromatic carbocycles. The quantitative estimate of drug-likeness (QED) is 0.176. The van der Waals surface area contributed by atoms with Crippen molar-refractivity contribution in [3.63, 3.8) is 0 Å². The van der Waals surface area contributed by atoms with Crippen LogP contribution in [-0.4, -0.2) is 76.3 Å². The van der Waals surface area contributed by atoms with Crippen LogP contribution in [0.15, 0.2) is 36.4 Å². The smallest absolute Gasteiger partial charge is 0.319 e. The Morgan fingerprint density at radius 1 is 1.00 bits per heavy atom. The first kappa shape index (κ1) is 30.0. The minimum absolute atomic E-state index is 0.0235. The molecule has 4 unspecified atom stereocenters. The fraction of sp³-hybridized carbons (Fsp3) is 0.459. The number of phenolic OH excluding ortho intramolecular Hbond substituents is 1. The molecule has 0 amide bonds. The molecule has 5 heterocycles. The Hall–Kier alpha value is -4.14. The summed E-state index contributed by atoms with van der Waals surface area (Å²) in [5.74, 6) is -1.10. The summed E-state index contributed by atoms with van der Waals surface area (Å²) in [4.78, 5) is 13.6. The number of halogens is 4. The average molecular weight is 658 g/mol. The van der Waals surface area contributed by atoms with E-state index in [-0.39, 0.29) is 58.5 Å². The van der Waals surface area contributed by atoms with Gasteiger partial charge in [0.05, 0.1) is 18.2 Å². The maximum Gasteiger partial charge on any atom is 0.319 e. The molecule has 5 aliphatic rings. The number of nitrogens with one attached hydrogen (secondary N) is 1. The number of nitrogens with zero attached hydrogens (tertiary/aromatic N) is 4. The number of piperazine rings is 1. The molecular weight excluding hydrogens is 622 g/mol. The fourth-order valence-electron chi connectivity index (χ4n) is 8.82. The first-order valence-corrected chi connectivity index (χ1v) is 16.8. The van der Waals surface area contributed by atoms with Crippen molar-refractivity contribution < 1.29 is 27.4 Å². The van der Waals surface area contributed by atoms with Crippen molar-refractivity contribution in [2.75, 3.05) is 31.1 Å². The monoisotopic (exact) mass is 657 g/mol.